The number of aromatic nitrogens is 3. The van der Waals surface area contributed by atoms with Gasteiger partial charge in [-0.1, -0.05) is 29.8 Å². The Morgan fingerprint density at radius 3 is 2.53 bits per heavy atom. The molecule has 2 amide bonds. The van der Waals surface area contributed by atoms with E-state index in [-0.39, 0.29) is 6.54 Å². The first-order chi connectivity index (χ1) is 9.16. The molecule has 0 aliphatic heterocycles. The monoisotopic (exact) mass is 279 g/mol. The van der Waals surface area contributed by atoms with E-state index in [1.165, 1.54) is 17.3 Å². The maximum absolute atomic E-state index is 11.5. The molecule has 0 bridgehead atoms. The Balaban J connectivity index is 1.88. The summed E-state index contributed by atoms with van der Waals surface area (Å²) < 4.78 is 1.18. The largest absolute Gasteiger partial charge is 0.344 e. The number of halogens is 1. The van der Waals surface area contributed by atoms with Crippen LogP contribution in [0.4, 0.5) is 0 Å². The van der Waals surface area contributed by atoms with Crippen molar-refractivity contribution in [2.75, 3.05) is 5.43 Å². The highest BCUT2D eigenvalue weighted by atomic mass is 35.5. The topological polar surface area (TPSA) is 88.9 Å². The van der Waals surface area contributed by atoms with E-state index >= 15 is 0 Å². The van der Waals surface area contributed by atoms with Crippen LogP contribution in [-0.4, -0.2) is 26.7 Å². The molecule has 0 radical (unpaired) electrons. The SMILES string of the molecule is O=C(NCc1ccccc1Cl)C(=O)Nn1cnnc1. The summed E-state index contributed by atoms with van der Waals surface area (Å²) in [6.45, 7) is 0.175. The molecule has 8 heteroatoms. The van der Waals surface area contributed by atoms with Gasteiger partial charge in [-0.05, 0) is 11.6 Å². The van der Waals surface area contributed by atoms with Crippen LogP contribution in [-0.2, 0) is 16.1 Å². The second-order valence-electron chi connectivity index (χ2n) is 3.58. The van der Waals surface area contributed by atoms with Crippen molar-refractivity contribution in [1.82, 2.24) is 20.2 Å². The van der Waals surface area contributed by atoms with Crippen molar-refractivity contribution in [2.45, 2.75) is 6.54 Å². The van der Waals surface area contributed by atoms with E-state index in [4.69, 9.17) is 11.6 Å². The molecular formula is C11H10ClN5O2. The molecule has 98 valence electrons. The van der Waals surface area contributed by atoms with Crippen molar-refractivity contribution in [3.05, 3.63) is 47.5 Å². The summed E-state index contributed by atoms with van der Waals surface area (Å²) in [6.07, 6.45) is 2.53. The van der Waals surface area contributed by atoms with Crippen molar-refractivity contribution in [3.8, 4) is 0 Å². The van der Waals surface area contributed by atoms with E-state index in [9.17, 15) is 9.59 Å². The molecule has 1 aromatic carbocycles. The number of nitrogens with one attached hydrogen (secondary N) is 2. The van der Waals surface area contributed by atoms with Gasteiger partial charge in [0.25, 0.3) is 0 Å². The molecule has 0 aliphatic carbocycles. The fourth-order valence-corrected chi connectivity index (χ4v) is 1.53. The number of rotatable bonds is 3. The molecule has 2 rings (SSSR count). The van der Waals surface area contributed by atoms with Crippen LogP contribution in [0.1, 0.15) is 5.56 Å². The number of carbonyl (C=O) groups excluding carboxylic acids is 2. The number of benzene rings is 1. The van der Waals surface area contributed by atoms with Gasteiger partial charge in [-0.15, -0.1) is 10.2 Å². The van der Waals surface area contributed by atoms with Gasteiger partial charge < -0.3 is 5.32 Å². The molecule has 7 nitrogen and oxygen atoms in total. The lowest BCUT2D eigenvalue weighted by atomic mass is 10.2. The Labute approximate surface area is 113 Å². The number of nitrogens with zero attached hydrogens (tertiary/aromatic N) is 3. The molecule has 1 aromatic heterocycles. The van der Waals surface area contributed by atoms with Gasteiger partial charge in [0, 0.05) is 11.6 Å². The van der Waals surface area contributed by atoms with Crippen molar-refractivity contribution in [3.63, 3.8) is 0 Å². The van der Waals surface area contributed by atoms with Gasteiger partial charge in [-0.2, -0.15) is 0 Å². The normalized spacial score (nSPS) is 9.95. The predicted octanol–water partition coefficient (Wildman–Crippen LogP) is 0.318. The second kappa shape index (κ2) is 5.96. The molecule has 19 heavy (non-hydrogen) atoms. The summed E-state index contributed by atoms with van der Waals surface area (Å²) in [5.74, 6) is -1.58. The smallest absolute Gasteiger partial charge is 0.328 e. The Morgan fingerprint density at radius 1 is 1.16 bits per heavy atom. The minimum Gasteiger partial charge on any atom is -0.344 e. The van der Waals surface area contributed by atoms with Crippen LogP contribution in [0, 0.1) is 0 Å². The maximum atomic E-state index is 11.5. The Hall–Kier alpha value is -2.41. The van der Waals surface area contributed by atoms with Crippen LogP contribution in [0.2, 0.25) is 5.02 Å². The van der Waals surface area contributed by atoms with Gasteiger partial charge in [0.15, 0.2) is 0 Å². The third-order valence-corrected chi connectivity index (χ3v) is 2.62. The zero-order valence-corrected chi connectivity index (χ0v) is 10.5. The summed E-state index contributed by atoms with van der Waals surface area (Å²) >= 11 is 5.93. The minimum absolute atomic E-state index is 0.175. The second-order valence-corrected chi connectivity index (χ2v) is 3.99. The lowest BCUT2D eigenvalue weighted by molar-refractivity contribution is -0.136. The van der Waals surface area contributed by atoms with Crippen LogP contribution >= 0.6 is 11.6 Å². The fourth-order valence-electron chi connectivity index (χ4n) is 1.32. The molecule has 0 unspecified atom stereocenters. The number of hydrogen-bond acceptors (Lipinski definition) is 4. The predicted molar refractivity (Wildman–Crippen MR) is 67.7 cm³/mol. The van der Waals surface area contributed by atoms with E-state index in [0.29, 0.717) is 5.02 Å². The van der Waals surface area contributed by atoms with Crippen molar-refractivity contribution in [2.24, 2.45) is 0 Å². The van der Waals surface area contributed by atoms with Gasteiger partial charge in [-0.25, -0.2) is 4.68 Å². The van der Waals surface area contributed by atoms with Crippen molar-refractivity contribution in [1.29, 1.82) is 0 Å². The Bertz CT molecular complexity index is 585. The highest BCUT2D eigenvalue weighted by molar-refractivity contribution is 6.38. The molecule has 0 spiro atoms. The summed E-state index contributed by atoms with van der Waals surface area (Å²) in [7, 11) is 0. The van der Waals surface area contributed by atoms with E-state index in [2.05, 4.69) is 20.9 Å². The van der Waals surface area contributed by atoms with E-state index in [0.717, 1.165) is 5.56 Å². The Morgan fingerprint density at radius 2 is 1.84 bits per heavy atom. The minimum atomic E-state index is -0.813. The average Bonchev–Trinajstić information content (AvgIpc) is 2.90. The molecule has 2 aromatic rings. The number of hydrogen-bond donors (Lipinski definition) is 2. The van der Waals surface area contributed by atoms with Gasteiger partial charge in [0.05, 0.1) is 0 Å². The lowest BCUT2D eigenvalue weighted by Crippen LogP contribution is -2.38. The summed E-state index contributed by atoms with van der Waals surface area (Å²) in [4.78, 5) is 23.0. The quantitative estimate of drug-likeness (QED) is 0.792. The summed E-state index contributed by atoms with van der Waals surface area (Å²) in [5.41, 5.74) is 3.01. The third-order valence-electron chi connectivity index (χ3n) is 2.25. The summed E-state index contributed by atoms with van der Waals surface area (Å²) in [5, 5.41) is 9.97. The summed E-state index contributed by atoms with van der Waals surface area (Å²) in [6, 6.07) is 7.05. The molecule has 1 heterocycles. The number of carbonyl (C=O) groups is 2. The van der Waals surface area contributed by atoms with E-state index < -0.39 is 11.8 Å². The first-order valence-corrected chi connectivity index (χ1v) is 5.72. The van der Waals surface area contributed by atoms with E-state index in [1.807, 2.05) is 0 Å². The molecule has 0 saturated heterocycles. The molecule has 0 atom stereocenters. The zero-order chi connectivity index (χ0) is 13.7. The zero-order valence-electron chi connectivity index (χ0n) is 9.71. The number of amides is 2. The van der Waals surface area contributed by atoms with Gasteiger partial charge in [0.1, 0.15) is 12.7 Å². The van der Waals surface area contributed by atoms with Crippen molar-refractivity contribution < 1.29 is 9.59 Å². The third kappa shape index (κ3) is 3.52. The molecule has 0 saturated carbocycles. The highest BCUT2D eigenvalue weighted by Crippen LogP contribution is 2.14. The van der Waals surface area contributed by atoms with Crippen molar-refractivity contribution >= 4 is 23.4 Å². The molecule has 2 N–H and O–H groups in total. The first-order valence-electron chi connectivity index (χ1n) is 5.34. The average molecular weight is 280 g/mol. The Kier molecular flexibility index (Phi) is 4.09. The molecular weight excluding hydrogens is 270 g/mol. The van der Waals surface area contributed by atoms with Crippen LogP contribution in [0.25, 0.3) is 0 Å². The maximum Gasteiger partial charge on any atom is 0.328 e. The van der Waals surface area contributed by atoms with E-state index in [1.54, 1.807) is 24.3 Å². The standard InChI is InChI=1S/C11H10ClN5O2/c12-9-4-2-1-3-8(9)5-13-10(18)11(19)16-17-6-14-15-7-17/h1-4,6-7H,5H2,(H,13,18)(H,16,19). The van der Waals surface area contributed by atoms with Crippen LogP contribution < -0.4 is 10.7 Å². The van der Waals surface area contributed by atoms with Crippen LogP contribution in [0.15, 0.2) is 36.9 Å². The van der Waals surface area contributed by atoms with Gasteiger partial charge in [-0.3, -0.25) is 15.0 Å². The highest BCUT2D eigenvalue weighted by Gasteiger charge is 2.13. The fraction of sp³-hybridized carbons (Fsp3) is 0.0909. The van der Waals surface area contributed by atoms with Gasteiger partial charge in [0.2, 0.25) is 0 Å². The lowest BCUT2D eigenvalue weighted by Gasteiger charge is -2.07. The van der Waals surface area contributed by atoms with Crippen LogP contribution in [0.5, 0.6) is 0 Å². The van der Waals surface area contributed by atoms with Gasteiger partial charge >= 0.3 is 11.8 Å². The van der Waals surface area contributed by atoms with Crippen LogP contribution in [0.3, 0.4) is 0 Å². The molecule has 0 aliphatic rings. The molecule has 0 fully saturated rings. The first kappa shape index (κ1) is 13.0.